The first-order valence-corrected chi connectivity index (χ1v) is 8.44. The number of rotatable bonds is 6. The fourth-order valence-corrected chi connectivity index (χ4v) is 4.96. The van der Waals surface area contributed by atoms with Gasteiger partial charge >= 0.3 is 0 Å². The van der Waals surface area contributed by atoms with Crippen molar-refractivity contribution in [2.24, 2.45) is 11.7 Å². The van der Waals surface area contributed by atoms with Crippen LogP contribution in [-0.4, -0.2) is 37.6 Å². The van der Waals surface area contributed by atoms with Crippen LogP contribution in [0.25, 0.3) is 0 Å². The van der Waals surface area contributed by atoms with E-state index in [1.807, 2.05) is 0 Å². The summed E-state index contributed by atoms with van der Waals surface area (Å²) >= 11 is 0. The summed E-state index contributed by atoms with van der Waals surface area (Å²) in [5.74, 6) is 0.733. The van der Waals surface area contributed by atoms with Gasteiger partial charge in [0.1, 0.15) is 0 Å². The average Bonchev–Trinajstić information content (AvgIpc) is 3.10. The third-order valence-corrected chi connectivity index (χ3v) is 5.92. The summed E-state index contributed by atoms with van der Waals surface area (Å²) in [6.45, 7) is 0.931. The summed E-state index contributed by atoms with van der Waals surface area (Å²) < 4.78 is 26.3. The van der Waals surface area contributed by atoms with Crippen LogP contribution in [0.5, 0.6) is 0 Å². The van der Waals surface area contributed by atoms with Crippen molar-refractivity contribution in [3.05, 3.63) is 0 Å². The number of sulfonamides is 1. The van der Waals surface area contributed by atoms with Gasteiger partial charge in [0.25, 0.3) is 0 Å². The first-order chi connectivity index (χ1) is 8.13. The van der Waals surface area contributed by atoms with Crippen molar-refractivity contribution in [3.8, 4) is 0 Å². The molecule has 2 rings (SSSR count). The van der Waals surface area contributed by atoms with Gasteiger partial charge in [-0.05, 0) is 31.6 Å². The Morgan fingerprint density at radius 1 is 1.06 bits per heavy atom. The minimum absolute atomic E-state index is 0.257. The van der Waals surface area contributed by atoms with Crippen molar-refractivity contribution in [1.29, 1.82) is 0 Å². The maximum atomic E-state index is 12.3. The summed E-state index contributed by atoms with van der Waals surface area (Å²) in [5.41, 5.74) is 5.52. The second kappa shape index (κ2) is 5.67. The highest BCUT2D eigenvalue weighted by Gasteiger charge is 2.37. The van der Waals surface area contributed by atoms with Crippen LogP contribution in [0, 0.1) is 5.92 Å². The molecule has 4 nitrogen and oxygen atoms in total. The Balaban J connectivity index is 1.95. The van der Waals surface area contributed by atoms with E-state index in [1.54, 1.807) is 4.31 Å². The SMILES string of the molecule is NCCN(C1CC1)S(=O)(=O)CC1CCCCC1. The maximum absolute atomic E-state index is 12.3. The molecule has 0 heterocycles. The molecular weight excluding hydrogens is 236 g/mol. The fraction of sp³-hybridized carbons (Fsp3) is 1.00. The zero-order valence-corrected chi connectivity index (χ0v) is 11.3. The lowest BCUT2D eigenvalue weighted by molar-refractivity contribution is 0.364. The molecule has 2 aliphatic rings. The third-order valence-electron chi connectivity index (χ3n) is 3.83. The lowest BCUT2D eigenvalue weighted by atomic mass is 9.91. The molecule has 5 heteroatoms. The highest BCUT2D eigenvalue weighted by molar-refractivity contribution is 7.89. The minimum atomic E-state index is -3.07. The van der Waals surface area contributed by atoms with Crippen LogP contribution in [0.2, 0.25) is 0 Å². The Bertz CT molecular complexity index is 332. The zero-order valence-electron chi connectivity index (χ0n) is 10.5. The van der Waals surface area contributed by atoms with Crippen molar-refractivity contribution >= 4 is 10.0 Å². The van der Waals surface area contributed by atoms with Crippen LogP contribution in [0.3, 0.4) is 0 Å². The topological polar surface area (TPSA) is 63.4 Å². The zero-order chi connectivity index (χ0) is 12.3. The van der Waals surface area contributed by atoms with E-state index in [0.29, 0.717) is 24.8 Å². The number of nitrogens with two attached hydrogens (primary N) is 1. The molecular formula is C12H24N2O2S. The van der Waals surface area contributed by atoms with E-state index >= 15 is 0 Å². The van der Waals surface area contributed by atoms with Gasteiger partial charge in [-0.15, -0.1) is 0 Å². The largest absolute Gasteiger partial charge is 0.329 e. The molecule has 2 aliphatic carbocycles. The van der Waals surface area contributed by atoms with Crippen LogP contribution in [-0.2, 0) is 10.0 Å². The number of hydrogen-bond donors (Lipinski definition) is 1. The molecule has 0 spiro atoms. The molecule has 2 fully saturated rings. The Morgan fingerprint density at radius 3 is 2.24 bits per heavy atom. The molecule has 0 aliphatic heterocycles. The Labute approximate surface area is 105 Å². The molecule has 0 aromatic heterocycles. The summed E-state index contributed by atoms with van der Waals surface area (Å²) in [7, 11) is -3.07. The molecule has 0 amide bonds. The molecule has 0 atom stereocenters. The summed E-state index contributed by atoms with van der Waals surface area (Å²) in [6, 6.07) is 0.257. The van der Waals surface area contributed by atoms with E-state index in [-0.39, 0.29) is 6.04 Å². The number of nitrogens with zero attached hydrogens (tertiary/aromatic N) is 1. The lowest BCUT2D eigenvalue weighted by Crippen LogP contribution is -2.40. The van der Waals surface area contributed by atoms with E-state index in [4.69, 9.17) is 5.73 Å². The van der Waals surface area contributed by atoms with Crippen LogP contribution < -0.4 is 5.73 Å². The molecule has 0 unspecified atom stereocenters. The maximum Gasteiger partial charge on any atom is 0.214 e. The molecule has 100 valence electrons. The molecule has 0 aromatic carbocycles. The predicted octanol–water partition coefficient (Wildman–Crippen LogP) is 1.32. The van der Waals surface area contributed by atoms with Gasteiger partial charge in [-0.1, -0.05) is 19.3 Å². The second-order valence-corrected chi connectivity index (χ2v) is 7.38. The Kier molecular flexibility index (Phi) is 4.44. The van der Waals surface area contributed by atoms with Gasteiger partial charge in [-0.2, -0.15) is 4.31 Å². The van der Waals surface area contributed by atoms with E-state index in [0.717, 1.165) is 25.7 Å². The van der Waals surface area contributed by atoms with Gasteiger partial charge in [-0.3, -0.25) is 0 Å². The van der Waals surface area contributed by atoms with Gasteiger partial charge in [0.05, 0.1) is 5.75 Å². The molecule has 0 bridgehead atoms. The van der Waals surface area contributed by atoms with Gasteiger partial charge in [0.15, 0.2) is 0 Å². The van der Waals surface area contributed by atoms with Gasteiger partial charge in [0, 0.05) is 19.1 Å². The van der Waals surface area contributed by atoms with Crippen molar-refractivity contribution in [2.75, 3.05) is 18.8 Å². The van der Waals surface area contributed by atoms with Crippen LogP contribution in [0.1, 0.15) is 44.9 Å². The molecule has 2 saturated carbocycles. The highest BCUT2D eigenvalue weighted by atomic mass is 32.2. The minimum Gasteiger partial charge on any atom is -0.329 e. The van der Waals surface area contributed by atoms with Crippen molar-refractivity contribution in [3.63, 3.8) is 0 Å². The van der Waals surface area contributed by atoms with Crippen molar-refractivity contribution in [1.82, 2.24) is 4.31 Å². The smallest absolute Gasteiger partial charge is 0.214 e. The monoisotopic (exact) mass is 260 g/mol. The fourth-order valence-electron chi connectivity index (χ4n) is 2.79. The average molecular weight is 260 g/mol. The lowest BCUT2D eigenvalue weighted by Gasteiger charge is -2.26. The first-order valence-electron chi connectivity index (χ1n) is 6.83. The predicted molar refractivity (Wildman–Crippen MR) is 69.1 cm³/mol. The van der Waals surface area contributed by atoms with E-state index in [1.165, 1.54) is 19.3 Å². The van der Waals surface area contributed by atoms with Crippen LogP contribution in [0.4, 0.5) is 0 Å². The van der Waals surface area contributed by atoms with Crippen LogP contribution >= 0.6 is 0 Å². The van der Waals surface area contributed by atoms with Gasteiger partial charge < -0.3 is 5.73 Å². The second-order valence-electron chi connectivity index (χ2n) is 5.41. The Hall–Kier alpha value is -0.130. The Morgan fingerprint density at radius 2 is 1.71 bits per heavy atom. The van der Waals surface area contributed by atoms with Gasteiger partial charge in [-0.25, -0.2) is 8.42 Å². The summed E-state index contributed by atoms with van der Waals surface area (Å²) in [6.07, 6.45) is 7.86. The van der Waals surface area contributed by atoms with Gasteiger partial charge in [0.2, 0.25) is 10.0 Å². The summed E-state index contributed by atoms with van der Waals surface area (Å²) in [4.78, 5) is 0. The highest BCUT2D eigenvalue weighted by Crippen LogP contribution is 2.31. The van der Waals surface area contributed by atoms with Crippen molar-refractivity contribution in [2.45, 2.75) is 51.0 Å². The number of hydrogen-bond acceptors (Lipinski definition) is 3. The quantitative estimate of drug-likeness (QED) is 0.783. The van der Waals surface area contributed by atoms with Crippen LogP contribution in [0.15, 0.2) is 0 Å². The third kappa shape index (κ3) is 3.66. The first kappa shape index (κ1) is 13.3. The summed E-state index contributed by atoms with van der Waals surface area (Å²) in [5, 5.41) is 0. The van der Waals surface area contributed by atoms with Crippen molar-refractivity contribution < 1.29 is 8.42 Å². The van der Waals surface area contributed by atoms with E-state index in [9.17, 15) is 8.42 Å². The standard InChI is InChI=1S/C12H24N2O2S/c13-8-9-14(12-6-7-12)17(15,16)10-11-4-2-1-3-5-11/h11-12H,1-10,13H2. The van der Waals surface area contributed by atoms with E-state index < -0.39 is 10.0 Å². The van der Waals surface area contributed by atoms with E-state index in [2.05, 4.69) is 0 Å². The molecule has 2 N–H and O–H groups in total. The molecule has 0 saturated heterocycles. The normalized spacial score (nSPS) is 23.2. The molecule has 0 radical (unpaired) electrons. The molecule has 17 heavy (non-hydrogen) atoms. The molecule has 0 aromatic rings.